The van der Waals surface area contributed by atoms with Crippen molar-refractivity contribution in [3.05, 3.63) is 0 Å². The number of carbonyl (C=O) groups excluding carboxylic acids is 1. The Morgan fingerprint density at radius 1 is 1.22 bits per heavy atom. The van der Waals surface area contributed by atoms with Gasteiger partial charge in [0.15, 0.2) is 0 Å². The van der Waals surface area contributed by atoms with Gasteiger partial charge in [0.1, 0.15) is 5.60 Å². The molecule has 0 heterocycles. The fourth-order valence-corrected chi connectivity index (χ4v) is 5.32. The fraction of sp³-hybridized carbons (Fsp3) is 0.933. The van der Waals surface area contributed by atoms with Gasteiger partial charge in [-0.1, -0.05) is 0 Å². The number of rotatable bonds is 2. The maximum Gasteiger partial charge on any atom is 0.303 e. The van der Waals surface area contributed by atoms with Gasteiger partial charge in [-0.05, 0) is 64.2 Å². The highest BCUT2D eigenvalue weighted by molar-refractivity contribution is 5.66. The van der Waals surface area contributed by atoms with Crippen LogP contribution in [0.25, 0.3) is 0 Å². The highest BCUT2D eigenvalue weighted by Crippen LogP contribution is 2.65. The second-order valence-electron chi connectivity index (χ2n) is 7.58. The SMILES string of the molecule is CC(=O)OC12CC3CC(C1)CC(C(C)(C)O)(C3)C2. The van der Waals surface area contributed by atoms with Gasteiger partial charge in [-0.3, -0.25) is 4.79 Å². The van der Waals surface area contributed by atoms with E-state index in [1.807, 2.05) is 13.8 Å². The average molecular weight is 252 g/mol. The average Bonchev–Trinajstić information content (AvgIpc) is 2.10. The van der Waals surface area contributed by atoms with E-state index in [2.05, 4.69) is 0 Å². The third kappa shape index (κ3) is 1.70. The number of carbonyl (C=O) groups is 1. The lowest BCUT2D eigenvalue weighted by atomic mass is 9.44. The zero-order valence-corrected chi connectivity index (χ0v) is 11.7. The van der Waals surface area contributed by atoms with Gasteiger partial charge in [0.2, 0.25) is 0 Å². The molecular formula is C15H24O3. The molecule has 4 bridgehead atoms. The summed E-state index contributed by atoms with van der Waals surface area (Å²) in [5.74, 6) is 1.11. The number of hydrogen-bond acceptors (Lipinski definition) is 3. The van der Waals surface area contributed by atoms with Gasteiger partial charge >= 0.3 is 5.97 Å². The molecule has 4 aliphatic rings. The van der Waals surface area contributed by atoms with Crippen molar-refractivity contribution in [2.24, 2.45) is 17.3 Å². The van der Waals surface area contributed by atoms with E-state index in [9.17, 15) is 9.90 Å². The molecule has 4 aliphatic carbocycles. The molecule has 2 atom stereocenters. The molecule has 3 heteroatoms. The van der Waals surface area contributed by atoms with E-state index in [-0.39, 0.29) is 17.0 Å². The van der Waals surface area contributed by atoms with E-state index in [0.29, 0.717) is 11.8 Å². The van der Waals surface area contributed by atoms with E-state index in [1.54, 1.807) is 0 Å². The Hall–Kier alpha value is -0.570. The highest BCUT2D eigenvalue weighted by atomic mass is 16.6. The lowest BCUT2D eigenvalue weighted by molar-refractivity contribution is -0.233. The summed E-state index contributed by atoms with van der Waals surface area (Å²) < 4.78 is 5.72. The van der Waals surface area contributed by atoms with Crippen LogP contribution in [0.2, 0.25) is 0 Å². The molecular weight excluding hydrogens is 228 g/mol. The molecule has 18 heavy (non-hydrogen) atoms. The van der Waals surface area contributed by atoms with Gasteiger partial charge < -0.3 is 9.84 Å². The maximum absolute atomic E-state index is 11.4. The molecule has 102 valence electrons. The highest BCUT2D eigenvalue weighted by Gasteiger charge is 2.63. The normalized spacial score (nSPS) is 46.2. The second kappa shape index (κ2) is 3.50. The standard InChI is InChI=1S/C15H24O3/c1-10(16)18-15-7-11-4-12(8-15)6-14(5-11,9-15)13(2,3)17/h11-12,17H,4-9H2,1-3H3. The van der Waals surface area contributed by atoms with Gasteiger partial charge in [0, 0.05) is 12.3 Å². The quantitative estimate of drug-likeness (QED) is 0.769. The molecule has 0 saturated heterocycles. The van der Waals surface area contributed by atoms with Crippen LogP contribution < -0.4 is 0 Å². The van der Waals surface area contributed by atoms with Gasteiger partial charge in [-0.2, -0.15) is 0 Å². The summed E-state index contributed by atoms with van der Waals surface area (Å²) in [5.41, 5.74) is -0.974. The first-order valence-electron chi connectivity index (χ1n) is 7.16. The molecule has 0 aliphatic heterocycles. The van der Waals surface area contributed by atoms with Crippen LogP contribution in [0.15, 0.2) is 0 Å². The van der Waals surface area contributed by atoms with E-state index in [0.717, 1.165) is 32.1 Å². The van der Waals surface area contributed by atoms with Crippen LogP contribution >= 0.6 is 0 Å². The number of aliphatic hydroxyl groups is 1. The lowest BCUT2D eigenvalue weighted by Gasteiger charge is -2.64. The summed E-state index contributed by atoms with van der Waals surface area (Å²) in [5, 5.41) is 10.6. The van der Waals surface area contributed by atoms with E-state index in [1.165, 1.54) is 13.3 Å². The van der Waals surface area contributed by atoms with Crippen LogP contribution in [-0.2, 0) is 9.53 Å². The summed E-state index contributed by atoms with van der Waals surface area (Å²) in [6.45, 7) is 5.37. The first-order valence-corrected chi connectivity index (χ1v) is 7.16. The van der Waals surface area contributed by atoms with Crippen molar-refractivity contribution in [3.8, 4) is 0 Å². The fourth-order valence-electron chi connectivity index (χ4n) is 5.32. The monoisotopic (exact) mass is 252 g/mol. The molecule has 0 radical (unpaired) electrons. The zero-order valence-electron chi connectivity index (χ0n) is 11.7. The van der Waals surface area contributed by atoms with E-state index >= 15 is 0 Å². The smallest absolute Gasteiger partial charge is 0.303 e. The predicted octanol–water partition coefficient (Wildman–Crippen LogP) is 2.66. The van der Waals surface area contributed by atoms with Crippen LogP contribution in [0.1, 0.15) is 59.3 Å². The van der Waals surface area contributed by atoms with Gasteiger partial charge in [0.25, 0.3) is 0 Å². The molecule has 4 fully saturated rings. The van der Waals surface area contributed by atoms with Gasteiger partial charge in [-0.15, -0.1) is 0 Å². The van der Waals surface area contributed by atoms with Crippen molar-refractivity contribution < 1.29 is 14.6 Å². The third-order valence-corrected chi connectivity index (χ3v) is 5.67. The van der Waals surface area contributed by atoms with Crippen molar-refractivity contribution >= 4 is 5.97 Å². The number of hydrogen-bond donors (Lipinski definition) is 1. The van der Waals surface area contributed by atoms with Crippen LogP contribution in [0.3, 0.4) is 0 Å². The molecule has 0 aromatic heterocycles. The molecule has 2 unspecified atom stereocenters. The molecule has 4 saturated carbocycles. The minimum absolute atomic E-state index is 0.0352. The van der Waals surface area contributed by atoms with Crippen LogP contribution in [0.4, 0.5) is 0 Å². The first-order chi connectivity index (χ1) is 8.24. The van der Waals surface area contributed by atoms with E-state index in [4.69, 9.17) is 4.74 Å². The van der Waals surface area contributed by atoms with Crippen molar-refractivity contribution in [1.82, 2.24) is 0 Å². The summed E-state index contributed by atoms with van der Waals surface area (Å²) in [7, 11) is 0. The van der Waals surface area contributed by atoms with E-state index < -0.39 is 5.60 Å². The Labute approximate surface area is 109 Å². The Morgan fingerprint density at radius 2 is 1.78 bits per heavy atom. The predicted molar refractivity (Wildman–Crippen MR) is 67.9 cm³/mol. The molecule has 0 amide bonds. The molecule has 0 spiro atoms. The molecule has 0 aromatic rings. The molecule has 1 N–H and O–H groups in total. The topological polar surface area (TPSA) is 46.5 Å². The lowest BCUT2D eigenvalue weighted by Crippen LogP contribution is -2.63. The summed E-state index contributed by atoms with van der Waals surface area (Å²) >= 11 is 0. The minimum atomic E-state index is -0.670. The maximum atomic E-state index is 11.4. The first kappa shape index (κ1) is 12.5. The number of ether oxygens (including phenoxy) is 1. The zero-order chi connectivity index (χ0) is 13.2. The van der Waals surface area contributed by atoms with Crippen molar-refractivity contribution in [1.29, 1.82) is 0 Å². The summed E-state index contributed by atoms with van der Waals surface area (Å²) in [6, 6.07) is 0. The minimum Gasteiger partial charge on any atom is -0.459 e. The number of esters is 1. The largest absolute Gasteiger partial charge is 0.459 e. The Morgan fingerprint density at radius 3 is 2.22 bits per heavy atom. The molecule has 4 rings (SSSR count). The van der Waals surface area contributed by atoms with Crippen molar-refractivity contribution in [2.45, 2.75) is 70.5 Å². The van der Waals surface area contributed by atoms with Crippen LogP contribution in [-0.4, -0.2) is 22.3 Å². The Balaban J connectivity index is 1.95. The van der Waals surface area contributed by atoms with Crippen molar-refractivity contribution in [3.63, 3.8) is 0 Å². The summed E-state index contributed by atoms with van der Waals surface area (Å²) in [6.07, 6.45) is 6.37. The second-order valence-corrected chi connectivity index (χ2v) is 7.58. The van der Waals surface area contributed by atoms with Gasteiger partial charge in [0.05, 0.1) is 5.60 Å². The third-order valence-electron chi connectivity index (χ3n) is 5.67. The Kier molecular flexibility index (Phi) is 2.42. The molecule has 0 aromatic carbocycles. The summed E-state index contributed by atoms with van der Waals surface area (Å²) in [4.78, 5) is 11.4. The van der Waals surface area contributed by atoms with Gasteiger partial charge in [-0.25, -0.2) is 0 Å². The van der Waals surface area contributed by atoms with Crippen LogP contribution in [0.5, 0.6) is 0 Å². The van der Waals surface area contributed by atoms with Crippen molar-refractivity contribution in [2.75, 3.05) is 0 Å². The Bertz CT molecular complexity index is 366. The molecule has 3 nitrogen and oxygen atoms in total. The van der Waals surface area contributed by atoms with Crippen LogP contribution in [0, 0.1) is 17.3 Å².